The molecule has 0 radical (unpaired) electrons. The number of carbonyl (C=O) groups is 1. The molecule has 1 saturated heterocycles. The number of rotatable bonds is 3. The van der Waals surface area contributed by atoms with E-state index in [-0.39, 0.29) is 12.0 Å². The zero-order valence-corrected chi connectivity index (χ0v) is 11.1. The Kier molecular flexibility index (Phi) is 4.70. The highest BCUT2D eigenvalue weighted by Crippen LogP contribution is 2.17. The van der Waals surface area contributed by atoms with Gasteiger partial charge in [-0.3, -0.25) is 15.6 Å². The van der Waals surface area contributed by atoms with Crippen molar-refractivity contribution in [1.82, 2.24) is 9.88 Å². The quantitative estimate of drug-likeness (QED) is 0.629. The number of amides is 1. The molecule has 1 atom stereocenters. The van der Waals surface area contributed by atoms with E-state index in [4.69, 9.17) is 10.6 Å². The summed E-state index contributed by atoms with van der Waals surface area (Å²) in [7, 11) is 0. The lowest BCUT2D eigenvalue weighted by Crippen LogP contribution is -2.37. The van der Waals surface area contributed by atoms with Gasteiger partial charge in [0.25, 0.3) is 5.91 Å². The van der Waals surface area contributed by atoms with Gasteiger partial charge in [0, 0.05) is 25.9 Å². The second kappa shape index (κ2) is 6.49. The van der Waals surface area contributed by atoms with E-state index in [1.807, 2.05) is 4.90 Å². The van der Waals surface area contributed by atoms with Crippen molar-refractivity contribution >= 4 is 11.6 Å². The maximum atomic E-state index is 12.5. The molecule has 19 heavy (non-hydrogen) atoms. The summed E-state index contributed by atoms with van der Waals surface area (Å²) in [4.78, 5) is 18.3. The summed E-state index contributed by atoms with van der Waals surface area (Å²) in [5.41, 5.74) is 3.61. The Morgan fingerprint density at radius 2 is 2.53 bits per heavy atom. The smallest absolute Gasteiger partial charge is 0.256 e. The number of aromatic nitrogens is 1. The van der Waals surface area contributed by atoms with Gasteiger partial charge in [0.1, 0.15) is 0 Å². The Balaban J connectivity index is 2.17. The normalized spacial score (nSPS) is 19.9. The van der Waals surface area contributed by atoms with E-state index in [9.17, 15) is 4.79 Å². The summed E-state index contributed by atoms with van der Waals surface area (Å²) in [6, 6.07) is 1.68. The lowest BCUT2D eigenvalue weighted by Gasteiger charge is -2.24. The van der Waals surface area contributed by atoms with Gasteiger partial charge >= 0.3 is 0 Å². The van der Waals surface area contributed by atoms with Crippen molar-refractivity contribution < 1.29 is 9.53 Å². The highest BCUT2D eigenvalue weighted by Gasteiger charge is 2.23. The number of nitrogen functional groups attached to an aromatic ring is 1. The standard InChI is InChI=1S/C13H20N4O2/c1-2-10-9-17(6-3-7-19-10)13(18)11-4-5-15-8-12(11)16-14/h4-5,8,10,16H,2-3,6-7,9,14H2,1H3. The molecule has 0 saturated carbocycles. The lowest BCUT2D eigenvalue weighted by molar-refractivity contribution is 0.0460. The van der Waals surface area contributed by atoms with Crippen LogP contribution in [0.5, 0.6) is 0 Å². The average molecular weight is 264 g/mol. The number of hydrogen-bond acceptors (Lipinski definition) is 5. The predicted molar refractivity (Wildman–Crippen MR) is 72.6 cm³/mol. The molecular formula is C13H20N4O2. The fourth-order valence-electron chi connectivity index (χ4n) is 2.19. The van der Waals surface area contributed by atoms with E-state index in [1.165, 1.54) is 0 Å². The molecule has 0 spiro atoms. The summed E-state index contributed by atoms with van der Waals surface area (Å²) in [6.45, 7) is 4.11. The molecule has 1 aromatic heterocycles. The van der Waals surface area contributed by atoms with Crippen molar-refractivity contribution in [2.75, 3.05) is 25.1 Å². The topological polar surface area (TPSA) is 80.5 Å². The number of ether oxygens (including phenoxy) is 1. The summed E-state index contributed by atoms with van der Waals surface area (Å²) in [5, 5.41) is 0. The van der Waals surface area contributed by atoms with Gasteiger partial charge in [-0.25, -0.2) is 0 Å². The second-order valence-corrected chi connectivity index (χ2v) is 4.57. The fraction of sp³-hybridized carbons (Fsp3) is 0.538. The SMILES string of the molecule is CCC1CN(C(=O)c2ccncc2NN)CCCO1. The molecule has 0 aromatic carbocycles. The van der Waals surface area contributed by atoms with Gasteiger partial charge in [-0.2, -0.15) is 0 Å². The Bertz CT molecular complexity index is 438. The summed E-state index contributed by atoms with van der Waals surface area (Å²) >= 11 is 0. The van der Waals surface area contributed by atoms with Crippen LogP contribution in [-0.2, 0) is 4.74 Å². The number of anilines is 1. The minimum absolute atomic E-state index is 0.0284. The molecule has 0 bridgehead atoms. The van der Waals surface area contributed by atoms with Crippen LogP contribution in [0, 0.1) is 0 Å². The number of nitrogens with one attached hydrogen (secondary N) is 1. The van der Waals surface area contributed by atoms with Crippen molar-refractivity contribution in [3.05, 3.63) is 24.0 Å². The third-order valence-corrected chi connectivity index (χ3v) is 3.30. The molecule has 2 heterocycles. The molecule has 104 valence electrons. The van der Waals surface area contributed by atoms with Gasteiger partial charge in [-0.1, -0.05) is 6.92 Å². The number of hydrogen-bond donors (Lipinski definition) is 2. The molecule has 1 aliphatic heterocycles. The molecule has 6 heteroatoms. The Morgan fingerprint density at radius 1 is 1.68 bits per heavy atom. The van der Waals surface area contributed by atoms with Gasteiger partial charge in [-0.15, -0.1) is 0 Å². The van der Waals surface area contributed by atoms with Gasteiger partial charge in [0.05, 0.1) is 23.6 Å². The van der Waals surface area contributed by atoms with E-state index in [0.29, 0.717) is 30.9 Å². The number of carbonyl (C=O) groups excluding carboxylic acids is 1. The first-order valence-corrected chi connectivity index (χ1v) is 6.57. The summed E-state index contributed by atoms with van der Waals surface area (Å²) in [5.74, 6) is 5.39. The molecule has 1 aromatic rings. The molecule has 6 nitrogen and oxygen atoms in total. The highest BCUT2D eigenvalue weighted by atomic mass is 16.5. The highest BCUT2D eigenvalue weighted by molar-refractivity contribution is 5.99. The first-order valence-electron chi connectivity index (χ1n) is 6.57. The van der Waals surface area contributed by atoms with Crippen LogP contribution in [0.2, 0.25) is 0 Å². The van der Waals surface area contributed by atoms with Crippen LogP contribution in [-0.4, -0.2) is 41.6 Å². The average Bonchev–Trinajstić information content (AvgIpc) is 2.72. The van der Waals surface area contributed by atoms with Crippen LogP contribution >= 0.6 is 0 Å². The Hall–Kier alpha value is -1.66. The van der Waals surface area contributed by atoms with E-state index in [2.05, 4.69) is 17.3 Å². The summed E-state index contributed by atoms with van der Waals surface area (Å²) in [6.07, 6.45) is 5.03. The third-order valence-electron chi connectivity index (χ3n) is 3.30. The maximum absolute atomic E-state index is 12.5. The lowest BCUT2D eigenvalue weighted by atomic mass is 10.1. The minimum Gasteiger partial charge on any atom is -0.376 e. The van der Waals surface area contributed by atoms with Crippen molar-refractivity contribution in [2.45, 2.75) is 25.9 Å². The Morgan fingerprint density at radius 3 is 3.26 bits per heavy atom. The predicted octanol–water partition coefficient (Wildman–Crippen LogP) is 1.01. The maximum Gasteiger partial charge on any atom is 0.256 e. The molecule has 1 aliphatic rings. The summed E-state index contributed by atoms with van der Waals surface area (Å²) < 4.78 is 5.68. The van der Waals surface area contributed by atoms with Gasteiger partial charge in [-0.05, 0) is 18.9 Å². The van der Waals surface area contributed by atoms with Crippen molar-refractivity contribution in [3.63, 3.8) is 0 Å². The molecule has 1 unspecified atom stereocenters. The van der Waals surface area contributed by atoms with Gasteiger partial charge in [0.15, 0.2) is 0 Å². The van der Waals surface area contributed by atoms with Crippen LogP contribution in [0.4, 0.5) is 5.69 Å². The fourth-order valence-corrected chi connectivity index (χ4v) is 2.19. The van der Waals surface area contributed by atoms with E-state index in [1.54, 1.807) is 18.5 Å². The zero-order chi connectivity index (χ0) is 13.7. The zero-order valence-electron chi connectivity index (χ0n) is 11.1. The van der Waals surface area contributed by atoms with E-state index < -0.39 is 0 Å². The van der Waals surface area contributed by atoms with Crippen LogP contribution in [0.15, 0.2) is 18.5 Å². The van der Waals surface area contributed by atoms with Crippen molar-refractivity contribution in [3.8, 4) is 0 Å². The van der Waals surface area contributed by atoms with Crippen molar-refractivity contribution in [2.24, 2.45) is 5.84 Å². The minimum atomic E-state index is -0.0284. The van der Waals surface area contributed by atoms with Gasteiger partial charge in [0.2, 0.25) is 0 Å². The van der Waals surface area contributed by atoms with Crippen molar-refractivity contribution in [1.29, 1.82) is 0 Å². The number of hydrazine groups is 1. The number of nitrogens with two attached hydrogens (primary N) is 1. The van der Waals surface area contributed by atoms with Gasteiger partial charge < -0.3 is 15.1 Å². The number of nitrogens with zero attached hydrogens (tertiary/aromatic N) is 2. The van der Waals surface area contributed by atoms with Crippen LogP contribution in [0.1, 0.15) is 30.1 Å². The van der Waals surface area contributed by atoms with Crippen LogP contribution in [0.3, 0.4) is 0 Å². The molecule has 3 N–H and O–H groups in total. The van der Waals surface area contributed by atoms with E-state index in [0.717, 1.165) is 12.8 Å². The molecule has 1 fully saturated rings. The second-order valence-electron chi connectivity index (χ2n) is 4.57. The third kappa shape index (κ3) is 3.21. The first-order chi connectivity index (χ1) is 9.26. The Labute approximate surface area is 112 Å². The van der Waals surface area contributed by atoms with Crippen LogP contribution in [0.25, 0.3) is 0 Å². The molecule has 1 amide bonds. The monoisotopic (exact) mass is 264 g/mol. The van der Waals surface area contributed by atoms with E-state index >= 15 is 0 Å². The first kappa shape index (κ1) is 13.8. The largest absolute Gasteiger partial charge is 0.376 e. The van der Waals surface area contributed by atoms with Crippen LogP contribution < -0.4 is 11.3 Å². The molecule has 0 aliphatic carbocycles. The number of pyridine rings is 1. The molecular weight excluding hydrogens is 244 g/mol. The molecule has 2 rings (SSSR count).